The van der Waals surface area contributed by atoms with E-state index in [0.29, 0.717) is 16.7 Å². The maximum Gasteiger partial charge on any atom is 0.253 e. The lowest BCUT2D eigenvalue weighted by Crippen LogP contribution is -2.26. The summed E-state index contributed by atoms with van der Waals surface area (Å²) in [7, 11) is 0. The minimum absolute atomic E-state index is 0.0239. The van der Waals surface area contributed by atoms with Crippen LogP contribution in [0.5, 0.6) is 0 Å². The Balaban J connectivity index is 1.89. The molecule has 0 fully saturated rings. The van der Waals surface area contributed by atoms with Crippen LogP contribution in [-0.4, -0.2) is 37.8 Å². The number of fused-ring (bicyclic) bond motifs is 1. The number of thioether (sulfide) groups is 1. The van der Waals surface area contributed by atoms with Gasteiger partial charge in [-0.25, -0.2) is 9.50 Å². The Bertz CT molecular complexity index is 625. The number of aromatic nitrogens is 4. The molecule has 0 spiro atoms. The van der Waals surface area contributed by atoms with E-state index in [4.69, 9.17) is 0 Å². The second kappa shape index (κ2) is 7.40. The standard InChI is InChI=1S/C14H21N5OS/c1-4-5-6-7-15-12(20)9-21-14-17-13-16-10(2)8-11(3)19(13)18-14/h8H,4-7,9H2,1-3H3,(H,15,20). The number of unbranched alkanes of at least 4 members (excludes halogenated alkanes) is 2. The monoisotopic (exact) mass is 307 g/mol. The van der Waals surface area contributed by atoms with E-state index in [-0.39, 0.29) is 5.91 Å². The molecule has 114 valence electrons. The number of rotatable bonds is 7. The van der Waals surface area contributed by atoms with Gasteiger partial charge in [0.15, 0.2) is 0 Å². The van der Waals surface area contributed by atoms with Gasteiger partial charge in [0, 0.05) is 17.9 Å². The summed E-state index contributed by atoms with van der Waals surface area (Å²) in [4.78, 5) is 20.4. The van der Waals surface area contributed by atoms with Crippen molar-refractivity contribution in [1.82, 2.24) is 24.9 Å². The van der Waals surface area contributed by atoms with Crippen molar-refractivity contribution in [2.24, 2.45) is 0 Å². The normalized spacial score (nSPS) is 11.0. The predicted molar refractivity (Wildman–Crippen MR) is 83.5 cm³/mol. The van der Waals surface area contributed by atoms with Gasteiger partial charge < -0.3 is 5.32 Å². The van der Waals surface area contributed by atoms with Crippen molar-refractivity contribution in [1.29, 1.82) is 0 Å². The Morgan fingerprint density at radius 1 is 1.33 bits per heavy atom. The van der Waals surface area contributed by atoms with Gasteiger partial charge in [-0.2, -0.15) is 4.98 Å². The lowest BCUT2D eigenvalue weighted by Gasteiger charge is -2.02. The molecule has 1 N–H and O–H groups in total. The molecule has 0 aliphatic carbocycles. The minimum atomic E-state index is 0.0239. The zero-order chi connectivity index (χ0) is 15.2. The summed E-state index contributed by atoms with van der Waals surface area (Å²) in [6, 6.07) is 1.95. The topological polar surface area (TPSA) is 72.2 Å². The van der Waals surface area contributed by atoms with E-state index in [1.165, 1.54) is 11.8 Å². The van der Waals surface area contributed by atoms with Gasteiger partial charge in [0.1, 0.15) is 0 Å². The zero-order valence-electron chi connectivity index (χ0n) is 12.7. The van der Waals surface area contributed by atoms with E-state index >= 15 is 0 Å². The third-order valence-electron chi connectivity index (χ3n) is 3.03. The molecule has 0 saturated carbocycles. The van der Waals surface area contributed by atoms with E-state index in [1.807, 2.05) is 19.9 Å². The number of carbonyl (C=O) groups is 1. The molecule has 2 heterocycles. The van der Waals surface area contributed by atoms with Crippen molar-refractivity contribution < 1.29 is 4.79 Å². The van der Waals surface area contributed by atoms with Crippen molar-refractivity contribution in [3.05, 3.63) is 17.5 Å². The quantitative estimate of drug-likeness (QED) is 0.627. The number of hydrogen-bond donors (Lipinski definition) is 1. The van der Waals surface area contributed by atoms with E-state index in [1.54, 1.807) is 4.52 Å². The first kappa shape index (κ1) is 15.8. The molecule has 0 aromatic carbocycles. The molecule has 2 rings (SSSR count). The summed E-state index contributed by atoms with van der Waals surface area (Å²) >= 11 is 1.34. The van der Waals surface area contributed by atoms with E-state index < -0.39 is 0 Å². The predicted octanol–water partition coefficient (Wildman–Crippen LogP) is 2.14. The third-order valence-corrected chi connectivity index (χ3v) is 3.87. The average Bonchev–Trinajstić information content (AvgIpc) is 2.84. The molecule has 0 unspecified atom stereocenters. The van der Waals surface area contributed by atoms with Crippen LogP contribution < -0.4 is 5.32 Å². The van der Waals surface area contributed by atoms with Gasteiger partial charge in [-0.3, -0.25) is 4.79 Å². The molecule has 6 nitrogen and oxygen atoms in total. The smallest absolute Gasteiger partial charge is 0.253 e. The largest absolute Gasteiger partial charge is 0.355 e. The number of hydrogen-bond acceptors (Lipinski definition) is 5. The van der Waals surface area contributed by atoms with Gasteiger partial charge in [0.25, 0.3) is 5.78 Å². The molecule has 0 aliphatic rings. The van der Waals surface area contributed by atoms with Gasteiger partial charge in [0.05, 0.1) is 5.75 Å². The fraction of sp³-hybridized carbons (Fsp3) is 0.571. The highest BCUT2D eigenvalue weighted by atomic mass is 32.2. The van der Waals surface area contributed by atoms with Gasteiger partial charge in [-0.15, -0.1) is 5.10 Å². The van der Waals surface area contributed by atoms with E-state index in [0.717, 1.165) is 37.2 Å². The maximum atomic E-state index is 11.7. The summed E-state index contributed by atoms with van der Waals surface area (Å²) in [5.41, 5.74) is 1.90. The second-order valence-corrected chi connectivity index (χ2v) is 5.93. The van der Waals surface area contributed by atoms with Gasteiger partial charge in [0.2, 0.25) is 11.1 Å². The van der Waals surface area contributed by atoms with Crippen LogP contribution in [0.25, 0.3) is 5.78 Å². The van der Waals surface area contributed by atoms with E-state index in [9.17, 15) is 4.79 Å². The Hall–Kier alpha value is -1.63. The first-order valence-corrected chi connectivity index (χ1v) is 8.19. The van der Waals surface area contributed by atoms with Crippen LogP contribution in [0.1, 0.15) is 37.6 Å². The third kappa shape index (κ3) is 4.42. The first-order chi connectivity index (χ1) is 10.1. The molecule has 0 atom stereocenters. The number of nitrogens with zero attached hydrogens (tertiary/aromatic N) is 4. The number of amides is 1. The molecule has 0 bridgehead atoms. The summed E-state index contributed by atoms with van der Waals surface area (Å²) in [6.07, 6.45) is 3.33. The molecule has 2 aromatic rings. The van der Waals surface area contributed by atoms with Crippen LogP contribution >= 0.6 is 11.8 Å². The van der Waals surface area contributed by atoms with E-state index in [2.05, 4.69) is 27.3 Å². The fourth-order valence-electron chi connectivity index (χ4n) is 1.99. The van der Waals surface area contributed by atoms with Crippen molar-refractivity contribution in [3.63, 3.8) is 0 Å². The van der Waals surface area contributed by atoms with Gasteiger partial charge in [-0.1, -0.05) is 31.5 Å². The molecule has 21 heavy (non-hydrogen) atoms. The Morgan fingerprint density at radius 3 is 2.90 bits per heavy atom. The number of aryl methyl sites for hydroxylation is 2. The Labute approximate surface area is 128 Å². The average molecular weight is 307 g/mol. The molecule has 7 heteroatoms. The highest BCUT2D eigenvalue weighted by Crippen LogP contribution is 2.14. The SMILES string of the molecule is CCCCCNC(=O)CSc1nc2nc(C)cc(C)n2n1. The summed E-state index contributed by atoms with van der Waals surface area (Å²) in [5.74, 6) is 0.940. The molecular weight excluding hydrogens is 286 g/mol. The van der Waals surface area contributed by atoms with Gasteiger partial charge >= 0.3 is 0 Å². The van der Waals surface area contributed by atoms with Crippen LogP contribution in [0.3, 0.4) is 0 Å². The summed E-state index contributed by atoms with van der Waals surface area (Å²) in [6.45, 7) is 6.78. The van der Waals surface area contributed by atoms with Crippen LogP contribution in [0.2, 0.25) is 0 Å². The molecule has 0 aliphatic heterocycles. The molecule has 0 saturated heterocycles. The minimum Gasteiger partial charge on any atom is -0.355 e. The van der Waals surface area contributed by atoms with Crippen LogP contribution in [0.15, 0.2) is 11.2 Å². The lowest BCUT2D eigenvalue weighted by atomic mass is 10.2. The summed E-state index contributed by atoms with van der Waals surface area (Å²) in [5, 5.41) is 7.85. The number of carbonyl (C=O) groups excluding carboxylic acids is 1. The van der Waals surface area contributed by atoms with Crippen LogP contribution in [-0.2, 0) is 4.79 Å². The summed E-state index contributed by atoms with van der Waals surface area (Å²) < 4.78 is 1.70. The van der Waals surface area contributed by atoms with Crippen molar-refractivity contribution >= 4 is 23.4 Å². The number of nitrogens with one attached hydrogen (secondary N) is 1. The zero-order valence-corrected chi connectivity index (χ0v) is 13.5. The molecule has 1 amide bonds. The molecule has 0 radical (unpaired) electrons. The fourth-order valence-corrected chi connectivity index (χ4v) is 2.64. The highest BCUT2D eigenvalue weighted by molar-refractivity contribution is 7.99. The molecule has 2 aromatic heterocycles. The first-order valence-electron chi connectivity index (χ1n) is 7.20. The Kier molecular flexibility index (Phi) is 5.55. The van der Waals surface area contributed by atoms with Crippen LogP contribution in [0, 0.1) is 13.8 Å². The highest BCUT2D eigenvalue weighted by Gasteiger charge is 2.10. The van der Waals surface area contributed by atoms with Crippen molar-refractivity contribution in [2.45, 2.75) is 45.2 Å². The van der Waals surface area contributed by atoms with Crippen molar-refractivity contribution in [3.8, 4) is 0 Å². The van der Waals surface area contributed by atoms with Crippen molar-refractivity contribution in [2.75, 3.05) is 12.3 Å². The molecular formula is C14H21N5OS. The Morgan fingerprint density at radius 2 is 2.14 bits per heavy atom. The van der Waals surface area contributed by atoms with Crippen LogP contribution in [0.4, 0.5) is 0 Å². The lowest BCUT2D eigenvalue weighted by molar-refractivity contribution is -0.118. The second-order valence-electron chi connectivity index (χ2n) is 4.99. The van der Waals surface area contributed by atoms with Gasteiger partial charge in [-0.05, 0) is 26.3 Å². The maximum absolute atomic E-state index is 11.7.